The molecule has 0 bridgehead atoms. The van der Waals surface area contributed by atoms with Crippen molar-refractivity contribution in [2.45, 2.75) is 39.2 Å². The molecule has 1 N–H and O–H groups in total. The number of aliphatic hydroxyl groups excluding tert-OH is 1. The van der Waals surface area contributed by atoms with E-state index in [1.54, 1.807) is 6.92 Å². The number of aliphatic hydroxyl groups is 1. The van der Waals surface area contributed by atoms with Gasteiger partial charge in [0.2, 0.25) is 0 Å². The van der Waals surface area contributed by atoms with Gasteiger partial charge in [0.25, 0.3) is 5.69 Å². The van der Waals surface area contributed by atoms with Crippen LogP contribution in [0.25, 0.3) is 0 Å². The van der Waals surface area contributed by atoms with Crippen LogP contribution in [0.1, 0.15) is 31.0 Å². The van der Waals surface area contributed by atoms with Crippen molar-refractivity contribution in [3.63, 3.8) is 0 Å². The molecule has 1 atom stereocenters. The molecule has 0 saturated heterocycles. The standard InChI is InChI=1S/C11H16N2O3/c1-3-4-10(14)6-11-8(2)5-9(7-12-11)13(15)16/h5,7,10,14H,3-4,6H2,1-2H3. The van der Waals surface area contributed by atoms with E-state index in [-0.39, 0.29) is 5.69 Å². The van der Waals surface area contributed by atoms with Crippen molar-refractivity contribution >= 4 is 5.69 Å². The first-order valence-corrected chi connectivity index (χ1v) is 5.32. The Kier molecular flexibility index (Phi) is 4.37. The first-order chi connectivity index (χ1) is 7.54. The molecule has 0 aliphatic rings. The number of rotatable bonds is 5. The highest BCUT2D eigenvalue weighted by Crippen LogP contribution is 2.16. The molecule has 5 heteroatoms. The van der Waals surface area contributed by atoms with Gasteiger partial charge in [0.1, 0.15) is 6.20 Å². The molecular weight excluding hydrogens is 208 g/mol. The van der Waals surface area contributed by atoms with Gasteiger partial charge in [0.15, 0.2) is 0 Å². The molecule has 1 heterocycles. The molecule has 0 spiro atoms. The fourth-order valence-corrected chi connectivity index (χ4v) is 1.56. The third-order valence-corrected chi connectivity index (χ3v) is 2.43. The lowest BCUT2D eigenvalue weighted by Gasteiger charge is -2.10. The predicted molar refractivity (Wildman–Crippen MR) is 60.2 cm³/mol. The number of nitro groups is 1. The minimum atomic E-state index is -0.466. The fraction of sp³-hybridized carbons (Fsp3) is 0.545. The molecule has 1 rings (SSSR count). The number of hydrogen-bond acceptors (Lipinski definition) is 4. The molecule has 0 saturated carbocycles. The van der Waals surface area contributed by atoms with E-state index in [9.17, 15) is 15.2 Å². The first kappa shape index (κ1) is 12.6. The van der Waals surface area contributed by atoms with Crippen LogP contribution >= 0.6 is 0 Å². The van der Waals surface area contributed by atoms with Gasteiger partial charge in [-0.2, -0.15) is 0 Å². The second-order valence-corrected chi connectivity index (χ2v) is 3.86. The van der Waals surface area contributed by atoms with Crippen LogP contribution in [0.3, 0.4) is 0 Å². The van der Waals surface area contributed by atoms with Crippen molar-refractivity contribution in [3.05, 3.63) is 33.6 Å². The molecule has 0 radical (unpaired) electrons. The molecule has 0 aliphatic heterocycles. The summed E-state index contributed by atoms with van der Waals surface area (Å²) in [6, 6.07) is 1.49. The van der Waals surface area contributed by atoms with Gasteiger partial charge in [0.05, 0.1) is 11.0 Å². The largest absolute Gasteiger partial charge is 0.393 e. The van der Waals surface area contributed by atoms with Crippen LogP contribution in [0.15, 0.2) is 12.3 Å². The molecule has 1 unspecified atom stereocenters. The van der Waals surface area contributed by atoms with Crippen molar-refractivity contribution in [2.75, 3.05) is 0 Å². The Labute approximate surface area is 94.3 Å². The Morgan fingerprint density at radius 1 is 1.62 bits per heavy atom. The first-order valence-electron chi connectivity index (χ1n) is 5.32. The molecule has 5 nitrogen and oxygen atoms in total. The fourth-order valence-electron chi connectivity index (χ4n) is 1.56. The van der Waals surface area contributed by atoms with Gasteiger partial charge in [0, 0.05) is 18.2 Å². The molecule has 1 aromatic heterocycles. The average Bonchev–Trinajstić information content (AvgIpc) is 2.21. The van der Waals surface area contributed by atoms with Gasteiger partial charge in [-0.3, -0.25) is 15.1 Å². The Bertz CT molecular complexity index is 379. The molecule has 0 aromatic carbocycles. The summed E-state index contributed by atoms with van der Waals surface area (Å²) in [5.41, 5.74) is 1.47. The maximum atomic E-state index is 10.5. The van der Waals surface area contributed by atoms with Crippen molar-refractivity contribution in [3.8, 4) is 0 Å². The molecule has 0 fully saturated rings. The predicted octanol–water partition coefficient (Wildman–Crippen LogP) is 2.00. The Morgan fingerprint density at radius 2 is 2.31 bits per heavy atom. The van der Waals surface area contributed by atoms with Crippen LogP contribution in [0.5, 0.6) is 0 Å². The molecule has 16 heavy (non-hydrogen) atoms. The van der Waals surface area contributed by atoms with Crippen LogP contribution in [-0.2, 0) is 6.42 Å². The van der Waals surface area contributed by atoms with E-state index in [1.165, 1.54) is 12.3 Å². The van der Waals surface area contributed by atoms with Gasteiger partial charge in [-0.25, -0.2) is 0 Å². The van der Waals surface area contributed by atoms with Gasteiger partial charge in [-0.15, -0.1) is 0 Å². The van der Waals surface area contributed by atoms with E-state index >= 15 is 0 Å². The van der Waals surface area contributed by atoms with Crippen LogP contribution in [0, 0.1) is 17.0 Å². The number of aromatic nitrogens is 1. The highest BCUT2D eigenvalue weighted by Gasteiger charge is 2.12. The summed E-state index contributed by atoms with van der Waals surface area (Å²) >= 11 is 0. The van der Waals surface area contributed by atoms with Crippen LogP contribution in [0.4, 0.5) is 5.69 Å². The SMILES string of the molecule is CCCC(O)Cc1ncc([N+](=O)[O-])cc1C. The van der Waals surface area contributed by atoms with E-state index in [2.05, 4.69) is 4.98 Å². The summed E-state index contributed by atoms with van der Waals surface area (Å²) < 4.78 is 0. The third-order valence-electron chi connectivity index (χ3n) is 2.43. The molecule has 0 amide bonds. The zero-order valence-electron chi connectivity index (χ0n) is 9.51. The molecular formula is C11H16N2O3. The molecule has 0 aliphatic carbocycles. The minimum Gasteiger partial charge on any atom is -0.393 e. The smallest absolute Gasteiger partial charge is 0.287 e. The Hall–Kier alpha value is -1.49. The lowest BCUT2D eigenvalue weighted by Crippen LogP contribution is -2.12. The minimum absolute atomic E-state index is 0.00812. The quantitative estimate of drug-likeness (QED) is 0.613. The molecule has 88 valence electrons. The van der Waals surface area contributed by atoms with Gasteiger partial charge >= 0.3 is 0 Å². The van der Waals surface area contributed by atoms with Crippen molar-refractivity contribution < 1.29 is 10.0 Å². The van der Waals surface area contributed by atoms with Crippen molar-refractivity contribution in [2.24, 2.45) is 0 Å². The number of nitrogens with zero attached hydrogens (tertiary/aromatic N) is 2. The zero-order chi connectivity index (χ0) is 12.1. The lowest BCUT2D eigenvalue weighted by molar-refractivity contribution is -0.385. The Morgan fingerprint density at radius 3 is 2.81 bits per heavy atom. The van der Waals surface area contributed by atoms with E-state index in [0.29, 0.717) is 6.42 Å². The maximum Gasteiger partial charge on any atom is 0.287 e. The summed E-state index contributed by atoms with van der Waals surface area (Å²) in [4.78, 5) is 14.1. The number of pyridine rings is 1. The van der Waals surface area contributed by atoms with Gasteiger partial charge < -0.3 is 5.11 Å². The van der Waals surface area contributed by atoms with Crippen molar-refractivity contribution in [1.82, 2.24) is 4.98 Å². The lowest BCUT2D eigenvalue weighted by atomic mass is 10.1. The van der Waals surface area contributed by atoms with E-state index in [0.717, 1.165) is 24.1 Å². The monoisotopic (exact) mass is 224 g/mol. The number of hydrogen-bond donors (Lipinski definition) is 1. The topological polar surface area (TPSA) is 76.3 Å². The summed E-state index contributed by atoms with van der Waals surface area (Å²) in [5, 5.41) is 20.1. The van der Waals surface area contributed by atoms with Crippen LogP contribution in [-0.4, -0.2) is 21.1 Å². The van der Waals surface area contributed by atoms with E-state index in [1.807, 2.05) is 6.92 Å². The molecule has 1 aromatic rings. The summed E-state index contributed by atoms with van der Waals surface area (Å²) in [7, 11) is 0. The Balaban J connectivity index is 2.79. The maximum absolute atomic E-state index is 10.5. The summed E-state index contributed by atoms with van der Waals surface area (Å²) in [6.45, 7) is 3.77. The van der Waals surface area contributed by atoms with Gasteiger partial charge in [-0.1, -0.05) is 13.3 Å². The zero-order valence-corrected chi connectivity index (χ0v) is 9.51. The van der Waals surface area contributed by atoms with Gasteiger partial charge in [-0.05, 0) is 18.9 Å². The average molecular weight is 224 g/mol. The van der Waals surface area contributed by atoms with Crippen LogP contribution < -0.4 is 0 Å². The normalized spacial score (nSPS) is 12.4. The second kappa shape index (κ2) is 5.55. The highest BCUT2D eigenvalue weighted by atomic mass is 16.6. The van der Waals surface area contributed by atoms with E-state index in [4.69, 9.17) is 0 Å². The third kappa shape index (κ3) is 3.27. The van der Waals surface area contributed by atoms with E-state index < -0.39 is 11.0 Å². The summed E-state index contributed by atoms with van der Waals surface area (Å²) in [5.74, 6) is 0. The summed E-state index contributed by atoms with van der Waals surface area (Å²) in [6.07, 6.45) is 2.90. The number of aryl methyl sites for hydroxylation is 1. The second-order valence-electron chi connectivity index (χ2n) is 3.86. The highest BCUT2D eigenvalue weighted by molar-refractivity contribution is 5.33. The van der Waals surface area contributed by atoms with Crippen molar-refractivity contribution in [1.29, 1.82) is 0 Å². The van der Waals surface area contributed by atoms with Crippen LogP contribution in [0.2, 0.25) is 0 Å².